The van der Waals surface area contributed by atoms with Gasteiger partial charge in [-0.25, -0.2) is 14.2 Å². The molecule has 0 saturated carbocycles. The van der Waals surface area contributed by atoms with Crippen LogP contribution in [0.25, 0.3) is 11.3 Å². The van der Waals surface area contributed by atoms with Crippen molar-refractivity contribution in [2.24, 2.45) is 5.92 Å². The van der Waals surface area contributed by atoms with Gasteiger partial charge in [0, 0.05) is 11.8 Å². The molecular weight excluding hydrogens is 290 g/mol. The van der Waals surface area contributed by atoms with Gasteiger partial charge in [0.2, 0.25) is 0 Å². The maximum Gasteiger partial charge on any atom is 0.339 e. The van der Waals surface area contributed by atoms with Crippen molar-refractivity contribution in [3.05, 3.63) is 51.8 Å². The normalized spacial score (nSPS) is 19.8. The molecule has 2 aromatic heterocycles. The Kier molecular flexibility index (Phi) is 3.47. The van der Waals surface area contributed by atoms with Crippen LogP contribution in [0.15, 0.2) is 35.3 Å². The monoisotopic (exact) mass is 305 g/mol. The number of halogens is 1. The third-order valence-corrected chi connectivity index (χ3v) is 3.91. The predicted molar refractivity (Wildman–Crippen MR) is 82.3 cm³/mol. The Bertz CT molecular complexity index is 814. The molecule has 21 heavy (non-hydrogen) atoms. The van der Waals surface area contributed by atoms with Crippen molar-refractivity contribution >= 4 is 22.9 Å². The molecule has 2 atom stereocenters. The fourth-order valence-electron chi connectivity index (χ4n) is 2.63. The van der Waals surface area contributed by atoms with Gasteiger partial charge in [-0.15, -0.1) is 0 Å². The quantitative estimate of drug-likeness (QED) is 0.928. The number of aromatic nitrogens is 3. The molecule has 1 aliphatic rings. The highest BCUT2D eigenvalue weighted by Crippen LogP contribution is 2.25. The molecule has 1 aliphatic carbocycles. The topological polar surface area (TPSA) is 59.5 Å². The van der Waals surface area contributed by atoms with E-state index in [-0.39, 0.29) is 10.8 Å². The molecule has 110 valence electrons. The Morgan fingerprint density at radius 1 is 1.52 bits per heavy atom. The first-order valence-electron chi connectivity index (χ1n) is 6.83. The molecule has 2 aromatic rings. The fourth-order valence-corrected chi connectivity index (χ4v) is 2.83. The number of aliphatic hydroxyl groups is 1. The van der Waals surface area contributed by atoms with Crippen molar-refractivity contribution in [1.29, 1.82) is 0 Å². The zero-order valence-corrected chi connectivity index (χ0v) is 12.6. The second-order valence-electron chi connectivity index (χ2n) is 5.36. The molecule has 0 bridgehead atoms. The third kappa shape index (κ3) is 2.32. The Morgan fingerprint density at radius 2 is 2.29 bits per heavy atom. The Labute approximate surface area is 126 Å². The summed E-state index contributed by atoms with van der Waals surface area (Å²) in [6, 6.07) is 1.70. The number of fused-ring (bicyclic) bond motifs is 1. The van der Waals surface area contributed by atoms with Crippen molar-refractivity contribution in [3.8, 4) is 0 Å². The maximum atomic E-state index is 12.8. The van der Waals surface area contributed by atoms with Crippen molar-refractivity contribution in [2.75, 3.05) is 0 Å². The summed E-state index contributed by atoms with van der Waals surface area (Å²) in [5.41, 5.74) is 1.50. The number of hydrogen-bond donors (Lipinski definition) is 1. The molecule has 0 fully saturated rings. The van der Waals surface area contributed by atoms with Crippen LogP contribution in [0, 0.1) is 5.92 Å². The lowest BCUT2D eigenvalue weighted by Gasteiger charge is -2.21. The summed E-state index contributed by atoms with van der Waals surface area (Å²) in [7, 11) is 0. The second kappa shape index (κ2) is 5.16. The van der Waals surface area contributed by atoms with E-state index in [1.165, 1.54) is 15.2 Å². The maximum absolute atomic E-state index is 12.8. The number of hydrogen-bond acceptors (Lipinski definition) is 3. The summed E-state index contributed by atoms with van der Waals surface area (Å²) in [5.74, 6) is 0.340. The van der Waals surface area contributed by atoms with E-state index in [4.69, 9.17) is 11.6 Å². The highest BCUT2D eigenvalue weighted by Gasteiger charge is 2.19. The highest BCUT2D eigenvalue weighted by atomic mass is 35.5. The van der Waals surface area contributed by atoms with E-state index < -0.39 is 6.10 Å². The van der Waals surface area contributed by atoms with Crippen LogP contribution in [0.5, 0.6) is 0 Å². The molecular formula is C15H16ClN3O2. The molecule has 5 nitrogen and oxygen atoms in total. The molecule has 0 aliphatic heterocycles. The third-order valence-electron chi connectivity index (χ3n) is 3.64. The number of nitrogens with zero attached hydrogens (tertiary/aromatic N) is 3. The van der Waals surface area contributed by atoms with Gasteiger partial charge in [-0.2, -0.15) is 0 Å². The number of imidazole rings is 1. The first-order chi connectivity index (χ1) is 9.99. The van der Waals surface area contributed by atoms with Gasteiger partial charge in [-0.3, -0.25) is 4.57 Å². The van der Waals surface area contributed by atoms with Gasteiger partial charge >= 0.3 is 5.69 Å². The van der Waals surface area contributed by atoms with Crippen LogP contribution >= 0.6 is 11.6 Å². The van der Waals surface area contributed by atoms with E-state index >= 15 is 0 Å². The van der Waals surface area contributed by atoms with Crippen molar-refractivity contribution < 1.29 is 5.11 Å². The molecule has 6 heteroatoms. The summed E-state index contributed by atoms with van der Waals surface area (Å²) >= 11 is 6.04. The smallest absolute Gasteiger partial charge is 0.339 e. The van der Waals surface area contributed by atoms with Gasteiger partial charge in [-0.1, -0.05) is 30.7 Å². The SMILES string of the molecule is CC1C=CC=C(n2c(C(C)O)cc3ncc(Cl)n3c2=O)C1. The Morgan fingerprint density at radius 3 is 2.95 bits per heavy atom. The first kappa shape index (κ1) is 14.1. The highest BCUT2D eigenvalue weighted by molar-refractivity contribution is 6.29. The van der Waals surface area contributed by atoms with Crippen molar-refractivity contribution in [2.45, 2.75) is 26.4 Å². The number of allylic oxidation sites excluding steroid dienone is 4. The second-order valence-corrected chi connectivity index (χ2v) is 5.75. The van der Waals surface area contributed by atoms with Crippen LogP contribution in [0.3, 0.4) is 0 Å². The van der Waals surface area contributed by atoms with Crippen LogP contribution in [0.1, 0.15) is 32.1 Å². The zero-order chi connectivity index (χ0) is 15.1. The lowest BCUT2D eigenvalue weighted by Crippen LogP contribution is -2.30. The molecule has 3 rings (SSSR count). The van der Waals surface area contributed by atoms with Gasteiger partial charge in [-0.05, 0) is 25.3 Å². The van der Waals surface area contributed by atoms with E-state index in [1.807, 2.05) is 12.2 Å². The van der Waals surface area contributed by atoms with Gasteiger partial charge in [0.15, 0.2) is 0 Å². The molecule has 2 heterocycles. The summed E-state index contributed by atoms with van der Waals surface area (Å²) in [6.07, 6.45) is 7.30. The Hall–Kier alpha value is -1.85. The minimum atomic E-state index is -0.778. The molecule has 1 N–H and O–H groups in total. The van der Waals surface area contributed by atoms with Crippen LogP contribution in [0.2, 0.25) is 5.15 Å². The first-order valence-corrected chi connectivity index (χ1v) is 7.21. The van der Waals surface area contributed by atoms with Gasteiger partial charge in [0.25, 0.3) is 0 Å². The van der Waals surface area contributed by atoms with Crippen LogP contribution < -0.4 is 5.69 Å². The van der Waals surface area contributed by atoms with E-state index in [9.17, 15) is 9.90 Å². The average Bonchev–Trinajstić information content (AvgIpc) is 2.80. The van der Waals surface area contributed by atoms with Crippen LogP contribution in [-0.2, 0) is 0 Å². The standard InChI is InChI=1S/C15H16ClN3O2/c1-9-4-3-5-11(6-9)18-12(10(2)20)7-14-17-8-13(16)19(14)15(18)21/h3-5,7-10,20H,6H2,1-2H3. The van der Waals surface area contributed by atoms with E-state index in [2.05, 4.69) is 18.0 Å². The molecule has 0 aromatic carbocycles. The minimum absolute atomic E-state index is 0.265. The van der Waals surface area contributed by atoms with Crippen molar-refractivity contribution in [1.82, 2.24) is 14.0 Å². The summed E-state index contributed by atoms with van der Waals surface area (Å²) < 4.78 is 2.88. The van der Waals surface area contributed by atoms with Gasteiger partial charge < -0.3 is 5.11 Å². The summed E-state index contributed by atoms with van der Waals surface area (Å²) in [6.45, 7) is 3.72. The minimum Gasteiger partial charge on any atom is -0.387 e. The van der Waals surface area contributed by atoms with Gasteiger partial charge in [0.05, 0.1) is 18.0 Å². The summed E-state index contributed by atoms with van der Waals surface area (Å²) in [4.78, 5) is 16.9. The molecule has 0 saturated heterocycles. The fraction of sp³-hybridized carbons (Fsp3) is 0.333. The van der Waals surface area contributed by atoms with E-state index in [0.29, 0.717) is 17.3 Å². The zero-order valence-electron chi connectivity index (χ0n) is 11.8. The molecule has 0 radical (unpaired) electrons. The predicted octanol–water partition coefficient (Wildman–Crippen LogP) is 2.64. The van der Waals surface area contributed by atoms with Gasteiger partial charge in [0.1, 0.15) is 10.8 Å². The lowest BCUT2D eigenvalue weighted by atomic mass is 10.00. The number of aliphatic hydroxyl groups excluding tert-OH is 1. The van der Waals surface area contributed by atoms with Crippen LogP contribution in [-0.4, -0.2) is 19.1 Å². The molecule has 2 unspecified atom stereocenters. The van der Waals surface area contributed by atoms with E-state index in [0.717, 1.165) is 12.1 Å². The van der Waals surface area contributed by atoms with E-state index in [1.54, 1.807) is 13.0 Å². The molecule has 0 amide bonds. The number of rotatable bonds is 2. The lowest BCUT2D eigenvalue weighted by molar-refractivity contribution is 0.191. The van der Waals surface area contributed by atoms with Crippen LogP contribution in [0.4, 0.5) is 0 Å². The van der Waals surface area contributed by atoms with Crippen molar-refractivity contribution in [3.63, 3.8) is 0 Å². The molecule has 0 spiro atoms. The summed E-state index contributed by atoms with van der Waals surface area (Å²) in [5, 5.41) is 10.3. The average molecular weight is 306 g/mol. The Balaban J connectivity index is 2.34. The largest absolute Gasteiger partial charge is 0.387 e.